The lowest BCUT2D eigenvalue weighted by atomic mass is 9.95. The minimum atomic E-state index is -5.23. The molecular formula is C40H21F12N5. The summed E-state index contributed by atoms with van der Waals surface area (Å²) < 4.78 is 168. The Morgan fingerprint density at radius 3 is 1.35 bits per heavy atom. The van der Waals surface area contributed by atoms with Gasteiger partial charge in [0.25, 0.3) is 0 Å². The molecule has 0 N–H and O–H groups in total. The highest BCUT2D eigenvalue weighted by atomic mass is 19.4. The van der Waals surface area contributed by atoms with Crippen molar-refractivity contribution in [1.29, 1.82) is 5.26 Å². The number of fused-ring (bicyclic) bond motifs is 3. The molecule has 5 nitrogen and oxygen atoms in total. The Balaban J connectivity index is 1.56. The molecule has 5 aromatic carbocycles. The predicted molar refractivity (Wildman–Crippen MR) is 185 cm³/mol. The SMILES string of the molecule is Cc1nc(C)nc(-c2cc(-n3c4cc(-c5ccc(C(F)(F)F)cc5C(F)(F)F)ccc4c4ccc(-c5ccc(C(F)(F)F)cc5C(F)(F)F)cc43)ccc2C#N)n1. The van der Waals surface area contributed by atoms with Crippen LogP contribution in [-0.4, -0.2) is 19.5 Å². The molecule has 0 atom stereocenters. The van der Waals surface area contributed by atoms with Crippen molar-refractivity contribution < 1.29 is 52.7 Å². The Labute approximate surface area is 313 Å². The molecule has 2 heterocycles. The molecule has 0 saturated carbocycles. The highest BCUT2D eigenvalue weighted by Crippen LogP contribution is 2.45. The zero-order chi connectivity index (χ0) is 41.4. The van der Waals surface area contributed by atoms with Gasteiger partial charge in [-0.3, -0.25) is 0 Å². The van der Waals surface area contributed by atoms with Gasteiger partial charge >= 0.3 is 24.7 Å². The van der Waals surface area contributed by atoms with Crippen molar-refractivity contribution in [2.24, 2.45) is 0 Å². The standard InChI is InChI=1S/C40H21F12N5/c1-19-54-20(2)56-36(55-19)31-17-26(8-3-23(31)18-53)57-34-13-21(27-11-6-24(37(41,42)43)15-32(27)39(47,48)49)4-9-29(34)30-10-5-22(14-35(30)57)28-12-7-25(38(44,45)46)16-33(28)40(50,51)52/h3-17H,1-2H3. The third-order valence-electron chi connectivity index (χ3n) is 9.18. The smallest absolute Gasteiger partial charge is 0.309 e. The maximum atomic E-state index is 14.3. The number of alkyl halides is 12. The Morgan fingerprint density at radius 1 is 0.491 bits per heavy atom. The van der Waals surface area contributed by atoms with Gasteiger partial charge in [0.1, 0.15) is 11.6 Å². The lowest BCUT2D eigenvalue weighted by molar-refractivity contribution is -0.144. The zero-order valence-corrected chi connectivity index (χ0v) is 28.9. The van der Waals surface area contributed by atoms with Crippen molar-refractivity contribution in [3.8, 4) is 45.4 Å². The summed E-state index contributed by atoms with van der Waals surface area (Å²) in [6, 6.07) is 16.5. The van der Waals surface area contributed by atoms with E-state index in [9.17, 15) is 57.9 Å². The van der Waals surface area contributed by atoms with Crippen molar-refractivity contribution in [2.45, 2.75) is 38.6 Å². The monoisotopic (exact) mass is 799 g/mol. The molecule has 0 saturated heterocycles. The largest absolute Gasteiger partial charge is 0.417 e. The number of rotatable bonds is 4. The van der Waals surface area contributed by atoms with Gasteiger partial charge in [0.2, 0.25) is 0 Å². The van der Waals surface area contributed by atoms with E-state index < -0.39 is 58.1 Å². The normalized spacial score (nSPS) is 12.7. The first kappa shape index (κ1) is 38.8. The van der Waals surface area contributed by atoms with Crippen LogP contribution in [0.1, 0.15) is 39.5 Å². The van der Waals surface area contributed by atoms with Crippen LogP contribution in [0.2, 0.25) is 0 Å². The van der Waals surface area contributed by atoms with Crippen molar-refractivity contribution in [2.75, 3.05) is 0 Å². The first-order chi connectivity index (χ1) is 26.5. The third kappa shape index (κ3) is 7.23. The molecular weight excluding hydrogens is 778 g/mol. The highest BCUT2D eigenvalue weighted by Gasteiger charge is 2.40. The molecule has 7 rings (SSSR count). The average molecular weight is 800 g/mol. The number of hydrogen-bond acceptors (Lipinski definition) is 4. The molecule has 0 bridgehead atoms. The maximum Gasteiger partial charge on any atom is 0.417 e. The molecule has 0 aliphatic rings. The molecule has 0 unspecified atom stereocenters. The Kier molecular flexibility index (Phi) is 9.09. The molecule has 0 aliphatic carbocycles. The molecule has 57 heavy (non-hydrogen) atoms. The third-order valence-corrected chi connectivity index (χ3v) is 9.18. The summed E-state index contributed by atoms with van der Waals surface area (Å²) in [7, 11) is 0. The van der Waals surface area contributed by atoms with Crippen LogP contribution in [0.3, 0.4) is 0 Å². The number of nitrogens with zero attached hydrogens (tertiary/aromatic N) is 5. The average Bonchev–Trinajstić information content (AvgIpc) is 3.45. The van der Waals surface area contributed by atoms with Crippen LogP contribution in [0.15, 0.2) is 91.0 Å². The van der Waals surface area contributed by atoms with E-state index in [4.69, 9.17) is 0 Å². The van der Waals surface area contributed by atoms with Gasteiger partial charge in [-0.2, -0.15) is 57.9 Å². The lowest BCUT2D eigenvalue weighted by Crippen LogP contribution is -2.12. The van der Waals surface area contributed by atoms with Crippen LogP contribution in [-0.2, 0) is 24.7 Å². The molecule has 0 spiro atoms. The molecule has 7 aromatic rings. The Hall–Kier alpha value is -6.44. The van der Waals surface area contributed by atoms with E-state index in [1.54, 1.807) is 13.8 Å². The maximum absolute atomic E-state index is 14.3. The second kappa shape index (κ2) is 13.4. The fourth-order valence-electron chi connectivity index (χ4n) is 6.74. The van der Waals surface area contributed by atoms with E-state index in [2.05, 4.69) is 15.0 Å². The minimum absolute atomic E-state index is 0.00473. The first-order valence-electron chi connectivity index (χ1n) is 16.4. The van der Waals surface area contributed by atoms with Gasteiger partial charge in [0.05, 0.1) is 44.9 Å². The van der Waals surface area contributed by atoms with Gasteiger partial charge in [-0.15, -0.1) is 0 Å². The van der Waals surface area contributed by atoms with Gasteiger partial charge in [-0.05, 0) is 90.7 Å². The van der Waals surface area contributed by atoms with E-state index in [1.165, 1.54) is 59.2 Å². The lowest BCUT2D eigenvalue weighted by Gasteiger charge is -2.17. The van der Waals surface area contributed by atoms with Crippen LogP contribution in [0.5, 0.6) is 0 Å². The minimum Gasteiger partial charge on any atom is -0.309 e. The number of aryl methyl sites for hydroxylation is 2. The fraction of sp³-hybridized carbons (Fsp3) is 0.150. The number of nitriles is 1. The second-order valence-corrected chi connectivity index (χ2v) is 12.9. The first-order valence-corrected chi connectivity index (χ1v) is 16.4. The number of aromatic nitrogens is 4. The summed E-state index contributed by atoms with van der Waals surface area (Å²) >= 11 is 0. The van der Waals surface area contributed by atoms with Crippen LogP contribution >= 0.6 is 0 Å². The molecule has 0 fully saturated rings. The molecule has 17 heteroatoms. The topological polar surface area (TPSA) is 67.4 Å². The van der Waals surface area contributed by atoms with Gasteiger partial charge in [-0.1, -0.05) is 36.4 Å². The summed E-state index contributed by atoms with van der Waals surface area (Å²) in [6.45, 7) is 3.16. The summed E-state index contributed by atoms with van der Waals surface area (Å²) in [5.74, 6) is 0.665. The summed E-state index contributed by atoms with van der Waals surface area (Å²) in [5, 5.41) is 10.6. The van der Waals surface area contributed by atoms with Crippen LogP contribution in [0, 0.1) is 25.2 Å². The van der Waals surface area contributed by atoms with E-state index in [-0.39, 0.29) is 56.9 Å². The van der Waals surface area contributed by atoms with Crippen LogP contribution < -0.4 is 0 Å². The van der Waals surface area contributed by atoms with Crippen molar-refractivity contribution in [3.05, 3.63) is 130 Å². The van der Waals surface area contributed by atoms with Crippen molar-refractivity contribution >= 4 is 21.8 Å². The van der Waals surface area contributed by atoms with E-state index in [0.29, 0.717) is 46.7 Å². The summed E-state index contributed by atoms with van der Waals surface area (Å²) in [5.41, 5.74) is -7.05. The number of benzene rings is 5. The fourth-order valence-corrected chi connectivity index (χ4v) is 6.74. The molecule has 290 valence electrons. The van der Waals surface area contributed by atoms with Crippen LogP contribution in [0.25, 0.3) is 61.1 Å². The Bertz CT molecular complexity index is 2630. The van der Waals surface area contributed by atoms with E-state index in [0.717, 1.165) is 0 Å². The van der Waals surface area contributed by atoms with E-state index in [1.807, 2.05) is 6.07 Å². The van der Waals surface area contributed by atoms with Gasteiger partial charge in [-0.25, -0.2) is 15.0 Å². The van der Waals surface area contributed by atoms with Crippen molar-refractivity contribution in [1.82, 2.24) is 19.5 Å². The van der Waals surface area contributed by atoms with E-state index >= 15 is 0 Å². The summed E-state index contributed by atoms with van der Waals surface area (Å²) in [4.78, 5) is 12.8. The Morgan fingerprint density at radius 2 is 0.947 bits per heavy atom. The molecule has 0 aliphatic heterocycles. The summed E-state index contributed by atoms with van der Waals surface area (Å²) in [6.07, 6.45) is -20.6. The van der Waals surface area contributed by atoms with Gasteiger partial charge in [0.15, 0.2) is 5.82 Å². The molecule has 2 aromatic heterocycles. The highest BCUT2D eigenvalue weighted by molar-refractivity contribution is 6.11. The molecule has 0 radical (unpaired) electrons. The number of hydrogen-bond donors (Lipinski definition) is 0. The zero-order valence-electron chi connectivity index (χ0n) is 28.9. The van der Waals surface area contributed by atoms with Crippen molar-refractivity contribution in [3.63, 3.8) is 0 Å². The predicted octanol–water partition coefficient (Wildman–Crippen LogP) is 12.5. The second-order valence-electron chi connectivity index (χ2n) is 12.9. The quantitative estimate of drug-likeness (QED) is 0.166. The molecule has 0 amide bonds. The van der Waals surface area contributed by atoms with Gasteiger partial charge < -0.3 is 4.57 Å². The number of halogens is 12. The van der Waals surface area contributed by atoms with Gasteiger partial charge in [0, 0.05) is 22.0 Å². The van der Waals surface area contributed by atoms with Crippen LogP contribution in [0.4, 0.5) is 52.7 Å².